The van der Waals surface area contributed by atoms with Crippen molar-refractivity contribution in [1.29, 1.82) is 0 Å². The van der Waals surface area contributed by atoms with Crippen LogP contribution < -0.4 is 10.1 Å². The van der Waals surface area contributed by atoms with E-state index in [0.717, 1.165) is 23.4 Å². The molecule has 2 amide bonds. The summed E-state index contributed by atoms with van der Waals surface area (Å²) in [4.78, 5) is 26.7. The van der Waals surface area contributed by atoms with Crippen LogP contribution in [-0.4, -0.2) is 30.4 Å². The highest BCUT2D eigenvalue weighted by Gasteiger charge is 2.34. The van der Waals surface area contributed by atoms with Gasteiger partial charge in [0.25, 0.3) is 0 Å². The molecule has 2 aromatic rings. The summed E-state index contributed by atoms with van der Waals surface area (Å²) >= 11 is 0. The maximum Gasteiger partial charge on any atom is 0.229 e. The van der Waals surface area contributed by atoms with E-state index in [1.807, 2.05) is 36.4 Å². The number of aryl methyl sites for hydroxylation is 1. The number of hydrogen-bond donors (Lipinski definition) is 1. The topological polar surface area (TPSA) is 58.6 Å². The van der Waals surface area contributed by atoms with Crippen molar-refractivity contribution in [3.63, 3.8) is 0 Å². The lowest BCUT2D eigenvalue weighted by atomic mass is 10.1. The van der Waals surface area contributed by atoms with E-state index < -0.39 is 0 Å². The SMILES string of the molecule is CCCCc1ccc(NC(=O)C2CC(=O)N(Cc3ccc(OC)cc3)C2)cc1. The minimum Gasteiger partial charge on any atom is -0.497 e. The van der Waals surface area contributed by atoms with Gasteiger partial charge in [0.1, 0.15) is 5.75 Å². The minimum atomic E-state index is -0.314. The second kappa shape index (κ2) is 9.40. The summed E-state index contributed by atoms with van der Waals surface area (Å²) in [6.07, 6.45) is 3.65. The first-order chi connectivity index (χ1) is 13.6. The molecular formula is C23H28N2O3. The number of benzene rings is 2. The number of unbranched alkanes of at least 4 members (excludes halogenated alkanes) is 1. The highest BCUT2D eigenvalue weighted by molar-refractivity contribution is 5.97. The number of carbonyl (C=O) groups is 2. The van der Waals surface area contributed by atoms with Gasteiger partial charge in [-0.2, -0.15) is 0 Å². The van der Waals surface area contributed by atoms with Crippen LogP contribution in [0.1, 0.15) is 37.3 Å². The molecule has 0 bridgehead atoms. The molecule has 3 rings (SSSR count). The van der Waals surface area contributed by atoms with Gasteiger partial charge in [-0.05, 0) is 48.2 Å². The molecule has 2 aromatic carbocycles. The Bertz CT molecular complexity index is 800. The molecule has 148 valence electrons. The zero-order valence-corrected chi connectivity index (χ0v) is 16.6. The summed E-state index contributed by atoms with van der Waals surface area (Å²) in [5.74, 6) is 0.401. The van der Waals surface area contributed by atoms with E-state index in [0.29, 0.717) is 13.1 Å². The lowest BCUT2D eigenvalue weighted by Gasteiger charge is -2.17. The van der Waals surface area contributed by atoms with E-state index in [-0.39, 0.29) is 24.2 Å². The summed E-state index contributed by atoms with van der Waals surface area (Å²) in [5, 5.41) is 2.95. The fraction of sp³-hybridized carbons (Fsp3) is 0.391. The average molecular weight is 380 g/mol. The molecule has 1 unspecified atom stereocenters. The maximum atomic E-state index is 12.6. The molecule has 5 heteroatoms. The zero-order valence-electron chi connectivity index (χ0n) is 16.6. The Morgan fingerprint density at radius 2 is 1.79 bits per heavy atom. The Balaban J connectivity index is 1.54. The van der Waals surface area contributed by atoms with Crippen LogP contribution in [0.5, 0.6) is 5.75 Å². The predicted molar refractivity (Wildman–Crippen MR) is 110 cm³/mol. The standard InChI is InChI=1S/C23H28N2O3/c1-3-4-5-17-6-10-20(11-7-17)24-23(27)19-14-22(26)25(16-19)15-18-8-12-21(28-2)13-9-18/h6-13,19H,3-5,14-16H2,1-2H3,(H,24,27). The van der Waals surface area contributed by atoms with Crippen molar-refractivity contribution < 1.29 is 14.3 Å². The number of rotatable bonds is 8. The lowest BCUT2D eigenvalue weighted by Crippen LogP contribution is -2.28. The number of anilines is 1. The normalized spacial score (nSPS) is 16.3. The van der Waals surface area contributed by atoms with Crippen LogP contribution in [0.25, 0.3) is 0 Å². The van der Waals surface area contributed by atoms with E-state index in [1.165, 1.54) is 18.4 Å². The first kappa shape index (κ1) is 19.9. The Morgan fingerprint density at radius 1 is 1.11 bits per heavy atom. The molecule has 0 spiro atoms. The number of hydrogen-bond acceptors (Lipinski definition) is 3. The predicted octanol–water partition coefficient (Wildman–Crippen LogP) is 4.03. The van der Waals surface area contributed by atoms with Crippen molar-refractivity contribution in [3.8, 4) is 5.75 Å². The fourth-order valence-corrected chi connectivity index (χ4v) is 3.43. The van der Waals surface area contributed by atoms with Crippen molar-refractivity contribution in [2.45, 2.75) is 39.2 Å². The molecule has 1 aliphatic rings. The van der Waals surface area contributed by atoms with Crippen molar-refractivity contribution >= 4 is 17.5 Å². The molecule has 0 radical (unpaired) electrons. The second-order valence-electron chi connectivity index (χ2n) is 7.31. The van der Waals surface area contributed by atoms with Crippen LogP contribution in [-0.2, 0) is 22.6 Å². The molecule has 0 saturated carbocycles. The van der Waals surface area contributed by atoms with Gasteiger partial charge < -0.3 is 15.0 Å². The van der Waals surface area contributed by atoms with Gasteiger partial charge in [0, 0.05) is 25.2 Å². The maximum absolute atomic E-state index is 12.6. The largest absolute Gasteiger partial charge is 0.497 e. The molecule has 28 heavy (non-hydrogen) atoms. The molecule has 1 fully saturated rings. The van der Waals surface area contributed by atoms with Crippen LogP contribution >= 0.6 is 0 Å². The van der Waals surface area contributed by atoms with Crippen molar-refractivity contribution in [2.24, 2.45) is 5.92 Å². The van der Waals surface area contributed by atoms with Crippen molar-refractivity contribution in [1.82, 2.24) is 4.90 Å². The van der Waals surface area contributed by atoms with Crippen LogP contribution in [0.15, 0.2) is 48.5 Å². The van der Waals surface area contributed by atoms with Gasteiger partial charge in [-0.25, -0.2) is 0 Å². The highest BCUT2D eigenvalue weighted by Crippen LogP contribution is 2.23. The fourth-order valence-electron chi connectivity index (χ4n) is 3.43. The quantitative estimate of drug-likeness (QED) is 0.752. The summed E-state index contributed by atoms with van der Waals surface area (Å²) in [6, 6.07) is 15.6. The van der Waals surface area contributed by atoms with E-state index in [4.69, 9.17) is 4.74 Å². The van der Waals surface area contributed by atoms with Crippen LogP contribution in [0, 0.1) is 5.92 Å². The van der Waals surface area contributed by atoms with Crippen molar-refractivity contribution in [2.75, 3.05) is 19.0 Å². The third-order valence-electron chi connectivity index (χ3n) is 5.16. The molecule has 0 aromatic heterocycles. The third kappa shape index (κ3) is 5.12. The lowest BCUT2D eigenvalue weighted by molar-refractivity contribution is -0.128. The highest BCUT2D eigenvalue weighted by atomic mass is 16.5. The Kier molecular flexibility index (Phi) is 6.69. The van der Waals surface area contributed by atoms with Gasteiger partial charge in [0.15, 0.2) is 0 Å². The number of likely N-dealkylation sites (tertiary alicyclic amines) is 1. The van der Waals surface area contributed by atoms with Crippen LogP contribution in [0.2, 0.25) is 0 Å². The average Bonchev–Trinajstić information content (AvgIpc) is 3.08. The van der Waals surface area contributed by atoms with Gasteiger partial charge in [-0.15, -0.1) is 0 Å². The molecule has 1 saturated heterocycles. The summed E-state index contributed by atoms with van der Waals surface area (Å²) in [5.41, 5.74) is 3.09. The molecule has 1 aliphatic heterocycles. The minimum absolute atomic E-state index is 0.0193. The zero-order chi connectivity index (χ0) is 19.9. The van der Waals surface area contributed by atoms with Crippen molar-refractivity contribution in [3.05, 3.63) is 59.7 Å². The number of methoxy groups -OCH3 is 1. The summed E-state index contributed by atoms with van der Waals surface area (Å²) < 4.78 is 5.16. The van der Waals surface area contributed by atoms with Gasteiger partial charge in [-0.1, -0.05) is 37.6 Å². The molecule has 5 nitrogen and oxygen atoms in total. The number of nitrogens with zero attached hydrogens (tertiary/aromatic N) is 1. The van der Waals surface area contributed by atoms with Gasteiger partial charge in [0.2, 0.25) is 11.8 Å². The Labute approximate surface area is 166 Å². The molecule has 0 aliphatic carbocycles. The smallest absolute Gasteiger partial charge is 0.229 e. The van der Waals surface area contributed by atoms with Crippen LogP contribution in [0.4, 0.5) is 5.69 Å². The summed E-state index contributed by atoms with van der Waals surface area (Å²) in [7, 11) is 1.63. The Morgan fingerprint density at radius 3 is 2.43 bits per heavy atom. The van der Waals surface area contributed by atoms with Crippen LogP contribution in [0.3, 0.4) is 0 Å². The third-order valence-corrected chi connectivity index (χ3v) is 5.16. The second-order valence-corrected chi connectivity index (χ2v) is 7.31. The number of nitrogens with one attached hydrogen (secondary N) is 1. The molecule has 1 heterocycles. The first-order valence-electron chi connectivity index (χ1n) is 9.89. The van der Waals surface area contributed by atoms with E-state index in [9.17, 15) is 9.59 Å². The number of carbonyl (C=O) groups excluding carboxylic acids is 2. The van der Waals surface area contributed by atoms with Gasteiger partial charge in [0.05, 0.1) is 13.0 Å². The molecule has 1 N–H and O–H groups in total. The molecule has 1 atom stereocenters. The summed E-state index contributed by atoms with van der Waals surface area (Å²) in [6.45, 7) is 3.14. The number of ether oxygens (including phenoxy) is 1. The Hall–Kier alpha value is -2.82. The monoisotopic (exact) mass is 380 g/mol. The van der Waals surface area contributed by atoms with Gasteiger partial charge >= 0.3 is 0 Å². The van der Waals surface area contributed by atoms with Gasteiger partial charge in [-0.3, -0.25) is 9.59 Å². The molecular weight excluding hydrogens is 352 g/mol. The van der Waals surface area contributed by atoms with E-state index in [2.05, 4.69) is 24.4 Å². The first-order valence-corrected chi connectivity index (χ1v) is 9.89. The number of amides is 2. The van der Waals surface area contributed by atoms with E-state index >= 15 is 0 Å². The van der Waals surface area contributed by atoms with E-state index in [1.54, 1.807) is 12.0 Å².